The zero-order valence-electron chi connectivity index (χ0n) is 13.5. The lowest BCUT2D eigenvalue weighted by molar-refractivity contribution is 0.282. The molecule has 3 aromatic heterocycles. The normalized spacial score (nSPS) is 10.9. The monoisotopic (exact) mass is 331 g/mol. The molecule has 4 rings (SSSR count). The summed E-state index contributed by atoms with van der Waals surface area (Å²) in [7, 11) is 0. The van der Waals surface area contributed by atoms with E-state index in [1.807, 2.05) is 53.2 Å². The molecule has 0 bridgehead atoms. The summed E-state index contributed by atoms with van der Waals surface area (Å²) < 4.78 is 1.86. The molecule has 0 spiro atoms. The molecule has 25 heavy (non-hydrogen) atoms. The van der Waals surface area contributed by atoms with Crippen LogP contribution in [0.4, 0.5) is 5.82 Å². The maximum Gasteiger partial charge on any atom is 0.138 e. The Morgan fingerprint density at radius 3 is 2.84 bits per heavy atom. The molecule has 0 fully saturated rings. The molecule has 1 aromatic carbocycles. The van der Waals surface area contributed by atoms with Crippen LogP contribution in [0.2, 0.25) is 0 Å². The Morgan fingerprint density at radius 1 is 1.08 bits per heavy atom. The summed E-state index contributed by atoms with van der Waals surface area (Å²) in [6.07, 6.45) is 7.06. The lowest BCUT2D eigenvalue weighted by Crippen LogP contribution is -2.06. The summed E-state index contributed by atoms with van der Waals surface area (Å²) in [4.78, 5) is 13.0. The van der Waals surface area contributed by atoms with E-state index < -0.39 is 0 Å². The Labute approximate surface area is 144 Å². The highest BCUT2D eigenvalue weighted by atomic mass is 16.3. The fourth-order valence-electron chi connectivity index (χ4n) is 2.73. The standard InChI is InChI=1S/C19H17N5O/c25-12-16-10-15-3-1-2-4-17(15)23-19(16)22-11-14-5-6-21-18(9-14)24-8-7-20-13-24/h1-10,13,25H,11-12H2,(H,22,23). The van der Waals surface area contributed by atoms with E-state index >= 15 is 0 Å². The molecule has 0 aliphatic carbocycles. The van der Waals surface area contributed by atoms with Crippen LogP contribution in [0.25, 0.3) is 16.7 Å². The van der Waals surface area contributed by atoms with Crippen molar-refractivity contribution in [3.63, 3.8) is 0 Å². The van der Waals surface area contributed by atoms with Gasteiger partial charge in [-0.15, -0.1) is 0 Å². The second-order valence-corrected chi connectivity index (χ2v) is 5.69. The van der Waals surface area contributed by atoms with Gasteiger partial charge in [0.15, 0.2) is 0 Å². The molecule has 0 saturated heterocycles. The Hall–Kier alpha value is -3.25. The predicted octanol–water partition coefficient (Wildman–Crippen LogP) is 2.92. The first-order valence-electron chi connectivity index (χ1n) is 8.00. The molecular weight excluding hydrogens is 314 g/mol. The van der Waals surface area contributed by atoms with Crippen molar-refractivity contribution in [1.29, 1.82) is 0 Å². The van der Waals surface area contributed by atoms with Crippen molar-refractivity contribution in [2.75, 3.05) is 5.32 Å². The van der Waals surface area contributed by atoms with Crippen LogP contribution < -0.4 is 5.32 Å². The van der Waals surface area contributed by atoms with Gasteiger partial charge in [0.1, 0.15) is 18.0 Å². The van der Waals surface area contributed by atoms with E-state index in [9.17, 15) is 5.11 Å². The Balaban J connectivity index is 1.59. The van der Waals surface area contributed by atoms with Gasteiger partial charge in [-0.05, 0) is 29.8 Å². The molecule has 2 N–H and O–H groups in total. The molecule has 0 saturated carbocycles. The molecule has 0 radical (unpaired) electrons. The van der Waals surface area contributed by atoms with Crippen LogP contribution in [0.3, 0.4) is 0 Å². The first kappa shape index (κ1) is 15.3. The largest absolute Gasteiger partial charge is 0.392 e. The maximum atomic E-state index is 9.64. The van der Waals surface area contributed by atoms with Crippen LogP contribution in [0.1, 0.15) is 11.1 Å². The first-order chi connectivity index (χ1) is 12.3. The number of nitrogens with one attached hydrogen (secondary N) is 1. The summed E-state index contributed by atoms with van der Waals surface area (Å²) in [5.74, 6) is 1.51. The highest BCUT2D eigenvalue weighted by Crippen LogP contribution is 2.21. The lowest BCUT2D eigenvalue weighted by Gasteiger charge is -2.12. The van der Waals surface area contributed by atoms with Gasteiger partial charge >= 0.3 is 0 Å². The van der Waals surface area contributed by atoms with Crippen molar-refractivity contribution in [3.05, 3.63) is 78.5 Å². The van der Waals surface area contributed by atoms with E-state index in [1.165, 1.54) is 0 Å². The third-order valence-electron chi connectivity index (χ3n) is 4.01. The number of benzene rings is 1. The molecule has 0 aliphatic heterocycles. The molecule has 0 unspecified atom stereocenters. The number of nitrogens with zero attached hydrogens (tertiary/aromatic N) is 4. The fourth-order valence-corrected chi connectivity index (χ4v) is 2.73. The quantitative estimate of drug-likeness (QED) is 0.588. The van der Waals surface area contributed by atoms with Gasteiger partial charge in [0.25, 0.3) is 0 Å². The second-order valence-electron chi connectivity index (χ2n) is 5.69. The van der Waals surface area contributed by atoms with Crippen molar-refractivity contribution in [1.82, 2.24) is 19.5 Å². The molecule has 0 amide bonds. The number of imidazole rings is 1. The molecule has 6 heteroatoms. The molecule has 3 heterocycles. The molecule has 0 aliphatic rings. The van der Waals surface area contributed by atoms with Gasteiger partial charge in [0, 0.05) is 36.1 Å². The number of fused-ring (bicyclic) bond motifs is 1. The Kier molecular flexibility index (Phi) is 4.10. The third kappa shape index (κ3) is 3.20. The van der Waals surface area contributed by atoms with Crippen molar-refractivity contribution in [2.24, 2.45) is 0 Å². The molecule has 124 valence electrons. The third-order valence-corrected chi connectivity index (χ3v) is 4.01. The van der Waals surface area contributed by atoms with E-state index in [2.05, 4.69) is 20.3 Å². The number of rotatable bonds is 5. The minimum atomic E-state index is -0.0587. The minimum absolute atomic E-state index is 0.0587. The van der Waals surface area contributed by atoms with Gasteiger partial charge in [-0.1, -0.05) is 18.2 Å². The zero-order valence-corrected chi connectivity index (χ0v) is 13.5. The van der Waals surface area contributed by atoms with Gasteiger partial charge in [-0.2, -0.15) is 0 Å². The van der Waals surface area contributed by atoms with Crippen molar-refractivity contribution < 1.29 is 5.11 Å². The first-order valence-corrected chi connectivity index (χ1v) is 8.00. The number of pyridine rings is 2. The van der Waals surface area contributed by atoms with E-state index in [-0.39, 0.29) is 6.61 Å². The second kappa shape index (κ2) is 6.70. The number of hydrogen-bond donors (Lipinski definition) is 2. The summed E-state index contributed by atoms with van der Waals surface area (Å²) >= 11 is 0. The SMILES string of the molecule is OCc1cc2ccccc2nc1NCc1ccnc(-n2ccnc2)c1. The summed E-state index contributed by atoms with van der Waals surface area (Å²) in [5.41, 5.74) is 2.75. The fraction of sp³-hybridized carbons (Fsp3) is 0.105. The van der Waals surface area contributed by atoms with Crippen molar-refractivity contribution >= 4 is 16.7 Å². The number of aliphatic hydroxyl groups is 1. The smallest absolute Gasteiger partial charge is 0.138 e. The van der Waals surface area contributed by atoms with Crippen LogP contribution in [0.5, 0.6) is 0 Å². The van der Waals surface area contributed by atoms with E-state index in [0.717, 1.165) is 27.8 Å². The van der Waals surface area contributed by atoms with Gasteiger partial charge < -0.3 is 10.4 Å². The molecule has 0 atom stereocenters. The Morgan fingerprint density at radius 2 is 2.00 bits per heavy atom. The number of aliphatic hydroxyl groups excluding tert-OH is 1. The number of para-hydroxylation sites is 1. The number of aromatic nitrogens is 4. The highest BCUT2D eigenvalue weighted by molar-refractivity contribution is 5.81. The van der Waals surface area contributed by atoms with Gasteiger partial charge in [-0.25, -0.2) is 15.0 Å². The average Bonchev–Trinajstić information content (AvgIpc) is 3.20. The van der Waals surface area contributed by atoms with E-state index in [4.69, 9.17) is 0 Å². The van der Waals surface area contributed by atoms with Gasteiger partial charge in [0.05, 0.1) is 12.1 Å². The average molecular weight is 331 g/mol. The lowest BCUT2D eigenvalue weighted by atomic mass is 10.1. The highest BCUT2D eigenvalue weighted by Gasteiger charge is 2.07. The van der Waals surface area contributed by atoms with Crippen molar-refractivity contribution in [3.8, 4) is 5.82 Å². The van der Waals surface area contributed by atoms with Crippen LogP contribution in [-0.2, 0) is 13.2 Å². The molecule has 4 aromatic rings. The van der Waals surface area contributed by atoms with Crippen LogP contribution in [0.15, 0.2) is 67.4 Å². The molecule has 6 nitrogen and oxygen atoms in total. The summed E-state index contributed by atoms with van der Waals surface area (Å²) in [6.45, 7) is 0.527. The predicted molar refractivity (Wildman–Crippen MR) is 96.4 cm³/mol. The maximum absolute atomic E-state index is 9.64. The summed E-state index contributed by atoms with van der Waals surface area (Å²) in [5, 5.41) is 14.0. The minimum Gasteiger partial charge on any atom is -0.392 e. The number of anilines is 1. The van der Waals surface area contributed by atoms with Crippen molar-refractivity contribution in [2.45, 2.75) is 13.2 Å². The zero-order chi connectivity index (χ0) is 17.1. The summed E-state index contributed by atoms with van der Waals surface area (Å²) in [6, 6.07) is 13.8. The van der Waals surface area contributed by atoms with Gasteiger partial charge in [0.2, 0.25) is 0 Å². The molecular formula is C19H17N5O. The van der Waals surface area contributed by atoms with E-state index in [0.29, 0.717) is 12.4 Å². The topological polar surface area (TPSA) is 75.9 Å². The Bertz CT molecular complexity index is 998. The number of hydrogen-bond acceptors (Lipinski definition) is 5. The van der Waals surface area contributed by atoms with Gasteiger partial charge in [-0.3, -0.25) is 4.57 Å². The van der Waals surface area contributed by atoms with Crippen LogP contribution >= 0.6 is 0 Å². The van der Waals surface area contributed by atoms with E-state index in [1.54, 1.807) is 18.7 Å². The van der Waals surface area contributed by atoms with Crippen LogP contribution in [0, 0.1) is 0 Å². The van der Waals surface area contributed by atoms with Crippen LogP contribution in [-0.4, -0.2) is 24.6 Å².